The van der Waals surface area contributed by atoms with E-state index >= 15 is 0 Å². The fraction of sp³-hybridized carbons (Fsp3) is 0.474. The van der Waals surface area contributed by atoms with Crippen LogP contribution in [0.25, 0.3) is 0 Å². The lowest BCUT2D eigenvalue weighted by atomic mass is 9.98. The second kappa shape index (κ2) is 6.91. The second-order valence-electron chi connectivity index (χ2n) is 6.55. The van der Waals surface area contributed by atoms with E-state index in [0.29, 0.717) is 22.3 Å². The third-order valence-electron chi connectivity index (χ3n) is 4.81. The van der Waals surface area contributed by atoms with E-state index in [2.05, 4.69) is 11.0 Å². The van der Waals surface area contributed by atoms with E-state index in [0.717, 1.165) is 31.4 Å². The molecule has 3 rings (SSSR count). The summed E-state index contributed by atoms with van der Waals surface area (Å²) in [4.78, 5) is 3.19. The minimum absolute atomic E-state index is 0.399. The summed E-state index contributed by atoms with van der Waals surface area (Å²) in [5.74, 6) is 0. The van der Waals surface area contributed by atoms with E-state index in [-0.39, 0.29) is 0 Å². The maximum atomic E-state index is 13.0. The highest BCUT2D eigenvalue weighted by Crippen LogP contribution is 2.28. The van der Waals surface area contributed by atoms with Crippen molar-refractivity contribution in [1.29, 1.82) is 0 Å². The van der Waals surface area contributed by atoms with Gasteiger partial charge in [-0.15, -0.1) is 0 Å². The molecule has 0 aliphatic carbocycles. The van der Waals surface area contributed by atoms with Gasteiger partial charge in [0.05, 0.1) is 9.80 Å². The SMILES string of the molecule is Cc1ccc(S(=O)(=O)/C2=C/N3CCCCC3CC/C=C\C2)cc1. The second-order valence-corrected chi connectivity index (χ2v) is 8.55. The van der Waals surface area contributed by atoms with Crippen LogP contribution in [0.2, 0.25) is 0 Å². The van der Waals surface area contributed by atoms with Gasteiger partial charge in [0.25, 0.3) is 0 Å². The van der Waals surface area contributed by atoms with Gasteiger partial charge in [-0.1, -0.05) is 29.8 Å². The van der Waals surface area contributed by atoms with Crippen molar-refractivity contribution < 1.29 is 8.42 Å². The van der Waals surface area contributed by atoms with Crippen molar-refractivity contribution in [3.05, 3.63) is 53.1 Å². The molecule has 3 nitrogen and oxygen atoms in total. The first kappa shape index (κ1) is 16.3. The van der Waals surface area contributed by atoms with E-state index < -0.39 is 9.84 Å². The number of benzene rings is 1. The van der Waals surface area contributed by atoms with Crippen LogP contribution in [0.5, 0.6) is 0 Å². The van der Waals surface area contributed by atoms with Crippen molar-refractivity contribution in [2.75, 3.05) is 6.54 Å². The Labute approximate surface area is 139 Å². The van der Waals surface area contributed by atoms with Crippen molar-refractivity contribution in [3.8, 4) is 0 Å². The molecule has 23 heavy (non-hydrogen) atoms. The predicted octanol–water partition coefficient (Wildman–Crippen LogP) is 4.20. The zero-order chi connectivity index (χ0) is 16.3. The fourth-order valence-corrected chi connectivity index (χ4v) is 4.78. The molecule has 0 spiro atoms. The summed E-state index contributed by atoms with van der Waals surface area (Å²) in [7, 11) is -3.42. The Bertz CT molecular complexity index is 701. The number of nitrogens with zero attached hydrogens (tertiary/aromatic N) is 1. The van der Waals surface area contributed by atoms with Crippen LogP contribution in [0.1, 0.15) is 44.1 Å². The standard InChI is InChI=1S/C19H25NO2S/c1-16-10-12-18(13-11-16)23(21,22)19-9-4-2-3-7-17-8-5-6-14-20(17)15-19/h2,4,10-13,15,17H,3,5-9,14H2,1H3/b4-2-,19-15+. The summed E-state index contributed by atoms with van der Waals surface area (Å²) in [5, 5.41) is 0. The summed E-state index contributed by atoms with van der Waals surface area (Å²) in [5.41, 5.74) is 1.07. The molecular formula is C19H25NO2S. The van der Waals surface area contributed by atoms with E-state index in [1.165, 1.54) is 12.8 Å². The van der Waals surface area contributed by atoms with Gasteiger partial charge in [0.2, 0.25) is 9.84 Å². The molecule has 0 amide bonds. The Morgan fingerprint density at radius 1 is 1.04 bits per heavy atom. The summed E-state index contributed by atoms with van der Waals surface area (Å²) in [6.45, 7) is 2.94. The number of hydrogen-bond acceptors (Lipinski definition) is 3. The first-order chi connectivity index (χ1) is 11.1. The van der Waals surface area contributed by atoms with E-state index in [4.69, 9.17) is 0 Å². The number of rotatable bonds is 2. The molecule has 1 aromatic rings. The molecule has 1 aromatic carbocycles. The van der Waals surface area contributed by atoms with Gasteiger partial charge in [-0.3, -0.25) is 0 Å². The third kappa shape index (κ3) is 3.69. The highest BCUT2D eigenvalue weighted by Gasteiger charge is 2.25. The average molecular weight is 331 g/mol. The van der Waals surface area contributed by atoms with E-state index in [1.54, 1.807) is 12.1 Å². The highest BCUT2D eigenvalue weighted by molar-refractivity contribution is 7.95. The number of aryl methyl sites for hydroxylation is 1. The number of sulfone groups is 1. The van der Waals surface area contributed by atoms with E-state index in [9.17, 15) is 8.42 Å². The molecular weight excluding hydrogens is 306 g/mol. The van der Waals surface area contributed by atoms with Crippen LogP contribution in [-0.4, -0.2) is 25.9 Å². The molecule has 0 bridgehead atoms. The quantitative estimate of drug-likeness (QED) is 0.762. The van der Waals surface area contributed by atoms with Crippen molar-refractivity contribution in [1.82, 2.24) is 4.90 Å². The molecule has 4 heteroatoms. The first-order valence-electron chi connectivity index (χ1n) is 8.50. The molecule has 2 heterocycles. The highest BCUT2D eigenvalue weighted by atomic mass is 32.2. The molecule has 0 aromatic heterocycles. The average Bonchev–Trinajstić information content (AvgIpc) is 2.65. The minimum atomic E-state index is -3.42. The molecule has 0 N–H and O–H groups in total. The maximum Gasteiger partial charge on any atom is 0.204 e. The number of fused-ring (bicyclic) bond motifs is 1. The molecule has 1 unspecified atom stereocenters. The largest absolute Gasteiger partial charge is 0.374 e. The Kier molecular flexibility index (Phi) is 4.90. The van der Waals surface area contributed by atoms with Crippen molar-refractivity contribution in [2.24, 2.45) is 0 Å². The van der Waals surface area contributed by atoms with Gasteiger partial charge in [0.15, 0.2) is 0 Å². The lowest BCUT2D eigenvalue weighted by Gasteiger charge is -2.35. The van der Waals surface area contributed by atoms with Gasteiger partial charge >= 0.3 is 0 Å². The molecule has 124 valence electrons. The normalized spacial score (nSPS) is 26.2. The Morgan fingerprint density at radius 3 is 2.61 bits per heavy atom. The van der Waals surface area contributed by atoms with Crippen LogP contribution in [0.4, 0.5) is 0 Å². The maximum absolute atomic E-state index is 13.0. The number of piperidine rings is 1. The van der Waals surface area contributed by atoms with Crippen molar-refractivity contribution in [3.63, 3.8) is 0 Å². The van der Waals surface area contributed by atoms with Gasteiger partial charge in [0.1, 0.15) is 0 Å². The summed E-state index contributed by atoms with van der Waals surface area (Å²) < 4.78 is 26.0. The summed E-state index contributed by atoms with van der Waals surface area (Å²) >= 11 is 0. The van der Waals surface area contributed by atoms with Crippen LogP contribution < -0.4 is 0 Å². The molecule has 1 atom stereocenters. The fourth-order valence-electron chi connectivity index (χ4n) is 3.39. The Morgan fingerprint density at radius 2 is 1.83 bits per heavy atom. The van der Waals surface area contributed by atoms with Gasteiger partial charge in [-0.05, 0) is 51.2 Å². The zero-order valence-electron chi connectivity index (χ0n) is 13.7. The first-order valence-corrected chi connectivity index (χ1v) is 9.99. The molecule has 0 saturated carbocycles. The minimum Gasteiger partial charge on any atom is -0.374 e. The lowest BCUT2D eigenvalue weighted by molar-refractivity contribution is 0.203. The van der Waals surface area contributed by atoms with Crippen molar-refractivity contribution in [2.45, 2.75) is 56.4 Å². The topological polar surface area (TPSA) is 37.4 Å². The Hall–Kier alpha value is -1.55. The number of hydrogen-bond donors (Lipinski definition) is 0. The third-order valence-corrected chi connectivity index (χ3v) is 6.67. The summed E-state index contributed by atoms with van der Waals surface area (Å²) in [6.07, 6.45) is 12.3. The molecule has 1 saturated heterocycles. The van der Waals surface area contributed by atoms with Crippen LogP contribution in [0.3, 0.4) is 0 Å². The Balaban J connectivity index is 1.97. The molecule has 0 radical (unpaired) electrons. The zero-order valence-corrected chi connectivity index (χ0v) is 14.6. The van der Waals surface area contributed by atoms with Crippen LogP contribution in [0, 0.1) is 6.92 Å². The van der Waals surface area contributed by atoms with Gasteiger partial charge in [0, 0.05) is 25.2 Å². The monoisotopic (exact) mass is 331 g/mol. The predicted molar refractivity (Wildman–Crippen MR) is 93.8 cm³/mol. The van der Waals surface area contributed by atoms with E-state index in [1.807, 2.05) is 31.3 Å². The molecule has 1 fully saturated rings. The van der Waals surface area contributed by atoms with Gasteiger partial charge in [-0.25, -0.2) is 8.42 Å². The van der Waals surface area contributed by atoms with Crippen LogP contribution >= 0.6 is 0 Å². The van der Waals surface area contributed by atoms with Gasteiger partial charge in [-0.2, -0.15) is 0 Å². The number of allylic oxidation sites excluding steroid dienone is 3. The van der Waals surface area contributed by atoms with Crippen molar-refractivity contribution >= 4 is 9.84 Å². The van der Waals surface area contributed by atoms with Crippen LogP contribution in [0.15, 0.2) is 52.4 Å². The smallest absolute Gasteiger partial charge is 0.204 e. The summed E-state index contributed by atoms with van der Waals surface area (Å²) in [6, 6.07) is 7.64. The van der Waals surface area contributed by atoms with Gasteiger partial charge < -0.3 is 4.90 Å². The lowest BCUT2D eigenvalue weighted by Crippen LogP contribution is -2.35. The van der Waals surface area contributed by atoms with Crippen LogP contribution in [-0.2, 0) is 9.84 Å². The molecule has 2 aliphatic rings. The molecule has 2 aliphatic heterocycles.